The molecule has 1 amide bonds. The van der Waals surface area contributed by atoms with Crippen LogP contribution in [0, 0.1) is 11.3 Å². The molecule has 3 aromatic rings. The molecular formula is C22H30N8O4. The van der Waals surface area contributed by atoms with E-state index in [1.54, 1.807) is 29.1 Å². The molecule has 2 fully saturated rings. The van der Waals surface area contributed by atoms with E-state index in [9.17, 15) is 10.1 Å². The maximum atomic E-state index is 9.94. The van der Waals surface area contributed by atoms with Crippen molar-refractivity contribution in [1.82, 2.24) is 29.9 Å². The Labute approximate surface area is 197 Å². The Bertz CT molecular complexity index is 1090. The van der Waals surface area contributed by atoms with Crippen LogP contribution in [-0.2, 0) is 11.2 Å². The number of aliphatic hydroxyl groups excluding tert-OH is 1. The number of aromatic nitrogens is 5. The van der Waals surface area contributed by atoms with Crippen molar-refractivity contribution in [3.05, 3.63) is 35.9 Å². The number of hydrogen-bond acceptors (Lipinski definition) is 8. The molecule has 4 heterocycles. The average molecular weight is 471 g/mol. The first-order valence-electron chi connectivity index (χ1n) is 11.2. The van der Waals surface area contributed by atoms with Gasteiger partial charge in [0.2, 0.25) is 5.95 Å². The highest BCUT2D eigenvalue weighted by Crippen LogP contribution is 2.33. The summed E-state index contributed by atoms with van der Waals surface area (Å²) in [6, 6.07) is 3.92. The van der Waals surface area contributed by atoms with Crippen LogP contribution in [0.5, 0.6) is 0 Å². The first-order chi connectivity index (χ1) is 16.5. The number of aryl methyl sites for hydroxylation is 1. The maximum absolute atomic E-state index is 9.94. The molecule has 1 aliphatic carbocycles. The van der Waals surface area contributed by atoms with Crippen molar-refractivity contribution in [1.29, 1.82) is 5.26 Å². The van der Waals surface area contributed by atoms with Gasteiger partial charge in [0.15, 0.2) is 5.65 Å². The Morgan fingerprint density at radius 3 is 2.62 bits per heavy atom. The number of nitrogens with zero attached hydrogens (tertiary/aromatic N) is 5. The van der Waals surface area contributed by atoms with Gasteiger partial charge in [-0.25, -0.2) is 14.8 Å². The molecule has 0 radical (unpaired) electrons. The van der Waals surface area contributed by atoms with Gasteiger partial charge in [-0.15, -0.1) is 0 Å². The van der Waals surface area contributed by atoms with E-state index in [0.29, 0.717) is 41.5 Å². The lowest BCUT2D eigenvalue weighted by Crippen LogP contribution is -2.32. The van der Waals surface area contributed by atoms with Crippen LogP contribution in [0.1, 0.15) is 50.3 Å². The molecule has 1 saturated carbocycles. The SMILES string of the molecule is C1CCOC1.CC1(NC(=O)O)CC1.N#Cc1c(CCCO)nc(Nc2ccn[nH]2)n2ccnc12. The van der Waals surface area contributed by atoms with Crippen LogP contribution >= 0.6 is 0 Å². The van der Waals surface area contributed by atoms with Gasteiger partial charge in [-0.1, -0.05) is 0 Å². The van der Waals surface area contributed by atoms with E-state index in [0.717, 1.165) is 26.1 Å². The fourth-order valence-electron chi connectivity index (χ4n) is 3.18. The molecule has 12 nitrogen and oxygen atoms in total. The minimum Gasteiger partial charge on any atom is -0.465 e. The second-order valence-electron chi connectivity index (χ2n) is 8.22. The van der Waals surface area contributed by atoms with Crippen molar-refractivity contribution in [2.75, 3.05) is 25.1 Å². The molecular weight excluding hydrogens is 440 g/mol. The molecule has 34 heavy (non-hydrogen) atoms. The second kappa shape index (κ2) is 12.0. The van der Waals surface area contributed by atoms with Crippen molar-refractivity contribution in [2.24, 2.45) is 0 Å². The smallest absolute Gasteiger partial charge is 0.405 e. The fraction of sp³-hybridized carbons (Fsp3) is 0.500. The summed E-state index contributed by atoms with van der Waals surface area (Å²) in [6.45, 7) is 3.95. The van der Waals surface area contributed by atoms with E-state index in [2.05, 4.69) is 36.9 Å². The number of H-pyrrole nitrogens is 1. The molecule has 3 aromatic heterocycles. The van der Waals surface area contributed by atoms with Crippen molar-refractivity contribution < 1.29 is 19.7 Å². The number of fused-ring (bicyclic) bond motifs is 1. The van der Waals surface area contributed by atoms with Crippen LogP contribution in [0.15, 0.2) is 24.7 Å². The molecule has 0 spiro atoms. The number of ether oxygens (including phenoxy) is 1. The molecule has 2 aliphatic rings. The second-order valence-corrected chi connectivity index (χ2v) is 8.22. The van der Waals surface area contributed by atoms with Crippen LogP contribution in [-0.4, -0.2) is 66.2 Å². The van der Waals surface area contributed by atoms with E-state index in [4.69, 9.17) is 14.9 Å². The van der Waals surface area contributed by atoms with E-state index >= 15 is 0 Å². The number of nitriles is 1. The maximum Gasteiger partial charge on any atom is 0.405 e. The zero-order valence-electron chi connectivity index (χ0n) is 19.1. The first-order valence-corrected chi connectivity index (χ1v) is 11.2. The van der Waals surface area contributed by atoms with Crippen molar-refractivity contribution in [3.8, 4) is 6.07 Å². The molecule has 0 unspecified atom stereocenters. The summed E-state index contributed by atoms with van der Waals surface area (Å²) in [6.07, 6.45) is 9.65. The molecule has 1 aliphatic heterocycles. The zero-order chi connectivity index (χ0) is 24.4. The van der Waals surface area contributed by atoms with Gasteiger partial charge in [0.25, 0.3) is 0 Å². The molecule has 1 saturated heterocycles. The molecule has 0 aromatic carbocycles. The van der Waals surface area contributed by atoms with Crippen LogP contribution in [0.2, 0.25) is 0 Å². The monoisotopic (exact) mass is 470 g/mol. The summed E-state index contributed by atoms with van der Waals surface area (Å²) >= 11 is 0. The molecule has 5 N–H and O–H groups in total. The fourth-order valence-corrected chi connectivity index (χ4v) is 3.18. The molecule has 0 bridgehead atoms. The molecule has 12 heteroatoms. The van der Waals surface area contributed by atoms with Crippen molar-refractivity contribution in [3.63, 3.8) is 0 Å². The summed E-state index contributed by atoms with van der Waals surface area (Å²) in [5.41, 5.74) is 1.52. The van der Waals surface area contributed by atoms with Gasteiger partial charge >= 0.3 is 6.09 Å². The Morgan fingerprint density at radius 2 is 2.12 bits per heavy atom. The molecule has 5 rings (SSSR count). The number of aromatic amines is 1. The van der Waals surface area contributed by atoms with Gasteiger partial charge in [-0.05, 0) is 45.4 Å². The lowest BCUT2D eigenvalue weighted by Gasteiger charge is -2.10. The van der Waals surface area contributed by atoms with Crippen LogP contribution < -0.4 is 10.6 Å². The standard InChI is InChI=1S/C13H13N7O.C5H9NO2.C4H8O/c14-8-9-10(2-1-7-21)17-13(18-11-3-4-16-19-11)20-6-5-15-12(9)20;1-5(2-3-5)6-4(7)8;1-2-4-5-3-1/h3-6,21H,1-2,7H2,(H2,16,17,18,19);6H,2-3H2,1H3,(H,7,8);1-4H2. The number of carbonyl (C=O) groups is 1. The van der Waals surface area contributed by atoms with Gasteiger partial charge in [0.05, 0.1) is 11.9 Å². The quantitative estimate of drug-likeness (QED) is 0.363. The molecule has 0 atom stereocenters. The molecule has 182 valence electrons. The zero-order valence-corrected chi connectivity index (χ0v) is 19.1. The van der Waals surface area contributed by atoms with Crippen LogP contribution in [0.25, 0.3) is 5.65 Å². The largest absolute Gasteiger partial charge is 0.465 e. The predicted octanol–water partition coefficient (Wildman–Crippen LogP) is 2.60. The normalized spacial score (nSPS) is 15.3. The van der Waals surface area contributed by atoms with E-state index in [1.807, 2.05) is 6.92 Å². The van der Waals surface area contributed by atoms with Gasteiger partial charge in [0, 0.05) is 43.8 Å². The van der Waals surface area contributed by atoms with Gasteiger partial charge in [-0.3, -0.25) is 9.50 Å². The highest BCUT2D eigenvalue weighted by Gasteiger charge is 2.38. The van der Waals surface area contributed by atoms with Gasteiger partial charge in [0.1, 0.15) is 17.5 Å². The number of imidazole rings is 1. The Kier molecular flexibility index (Phi) is 8.78. The number of amides is 1. The average Bonchev–Trinajstić information content (AvgIpc) is 3.38. The summed E-state index contributed by atoms with van der Waals surface area (Å²) in [5.74, 6) is 1.23. The third-order valence-electron chi connectivity index (χ3n) is 5.29. The Morgan fingerprint density at radius 1 is 1.35 bits per heavy atom. The Balaban J connectivity index is 0.000000202. The topological polar surface area (TPSA) is 173 Å². The van der Waals surface area contributed by atoms with Crippen molar-refractivity contribution in [2.45, 2.75) is 51.0 Å². The minimum absolute atomic E-state index is 0.0511. The van der Waals surface area contributed by atoms with Gasteiger partial charge < -0.3 is 25.6 Å². The third kappa shape index (κ3) is 7.16. The Hall–Kier alpha value is -3.69. The van der Waals surface area contributed by atoms with E-state index < -0.39 is 6.09 Å². The van der Waals surface area contributed by atoms with E-state index in [1.165, 1.54) is 12.8 Å². The highest BCUT2D eigenvalue weighted by molar-refractivity contribution is 5.66. The van der Waals surface area contributed by atoms with Crippen LogP contribution in [0.3, 0.4) is 0 Å². The summed E-state index contributed by atoms with van der Waals surface area (Å²) in [5, 5.41) is 38.7. The number of aliphatic hydroxyl groups is 1. The van der Waals surface area contributed by atoms with Crippen molar-refractivity contribution >= 4 is 23.5 Å². The number of carboxylic acid groups (broad SMARTS) is 1. The van der Waals surface area contributed by atoms with E-state index in [-0.39, 0.29) is 12.1 Å². The van der Waals surface area contributed by atoms with Crippen LogP contribution in [0.4, 0.5) is 16.6 Å². The lowest BCUT2D eigenvalue weighted by atomic mass is 10.1. The highest BCUT2D eigenvalue weighted by atomic mass is 16.5. The predicted molar refractivity (Wildman–Crippen MR) is 124 cm³/mol. The summed E-state index contributed by atoms with van der Waals surface area (Å²) in [4.78, 5) is 18.7. The number of hydrogen-bond donors (Lipinski definition) is 5. The minimum atomic E-state index is -0.912. The first kappa shape index (κ1) is 24.9. The number of nitrogens with one attached hydrogen (secondary N) is 3. The number of rotatable bonds is 6. The third-order valence-corrected chi connectivity index (χ3v) is 5.29. The van der Waals surface area contributed by atoms with Gasteiger partial charge in [-0.2, -0.15) is 10.4 Å². The summed E-state index contributed by atoms with van der Waals surface area (Å²) in [7, 11) is 0. The summed E-state index contributed by atoms with van der Waals surface area (Å²) < 4.78 is 6.65. The lowest BCUT2D eigenvalue weighted by molar-refractivity contribution is 0.189. The number of anilines is 2.